The number of hydrogen-bond acceptors (Lipinski definition) is 2. The van der Waals surface area contributed by atoms with Gasteiger partial charge in [0.1, 0.15) is 6.29 Å². The molecule has 0 aliphatic heterocycles. The van der Waals surface area contributed by atoms with Crippen LogP contribution in [0.1, 0.15) is 70.1 Å². The maximum absolute atomic E-state index is 10.3. The minimum atomic E-state index is 0.615. The molecule has 2 fully saturated rings. The average Bonchev–Trinajstić information content (AvgIpc) is 3.73. The van der Waals surface area contributed by atoms with Crippen LogP contribution >= 0.6 is 23.2 Å². The van der Waals surface area contributed by atoms with Gasteiger partial charge in [0.05, 0.1) is 10.0 Å². The molecule has 1 N–H and O–H groups in total. The van der Waals surface area contributed by atoms with Crippen molar-refractivity contribution in [3.8, 4) is 0 Å². The Morgan fingerprint density at radius 2 is 1.31 bits per heavy atom. The van der Waals surface area contributed by atoms with E-state index >= 15 is 0 Å². The summed E-state index contributed by atoms with van der Waals surface area (Å²) in [7, 11) is 0. The first-order valence-corrected chi connectivity index (χ1v) is 12.2. The highest BCUT2D eigenvalue weighted by Crippen LogP contribution is 2.40. The molecular weight excluding hydrogens is 437 g/mol. The standard InChI is InChI=1S/C18H19Cl2N.C10H10O/c19-17-8-3-13(11-18(17)20)9-10-21-12-14-1-4-15(5-2-14)16-6-7-16;11-7-8-1-3-9(4-2-8)10-5-6-10/h1-5,8,11,16,21H,6-7,9-10,12H2;1-4,7,10H,5-6H2. The SMILES string of the molecule is Clc1ccc(CCNCc2ccc(C3CC3)cc2)cc1Cl.O=Cc1ccc(C2CC2)cc1. The Hall–Kier alpha value is -2.13. The fourth-order valence-corrected chi connectivity index (χ4v) is 4.07. The molecule has 0 radical (unpaired) electrons. The molecule has 5 rings (SSSR count). The van der Waals surface area contributed by atoms with Crippen LogP contribution in [-0.2, 0) is 13.0 Å². The fourth-order valence-electron chi connectivity index (χ4n) is 3.75. The van der Waals surface area contributed by atoms with E-state index in [1.54, 1.807) is 0 Å². The Labute approximate surface area is 201 Å². The molecule has 3 aromatic carbocycles. The molecule has 0 amide bonds. The van der Waals surface area contributed by atoms with Crippen LogP contribution in [0.3, 0.4) is 0 Å². The molecule has 0 saturated heterocycles. The zero-order valence-electron chi connectivity index (χ0n) is 18.2. The van der Waals surface area contributed by atoms with Crippen molar-refractivity contribution in [1.82, 2.24) is 5.32 Å². The number of carbonyl (C=O) groups is 1. The summed E-state index contributed by atoms with van der Waals surface area (Å²) >= 11 is 11.9. The molecule has 4 heteroatoms. The predicted molar refractivity (Wildman–Crippen MR) is 134 cm³/mol. The summed E-state index contributed by atoms with van der Waals surface area (Å²) in [5.41, 5.74) is 6.20. The van der Waals surface area contributed by atoms with Crippen molar-refractivity contribution in [3.05, 3.63) is 105 Å². The Kier molecular flexibility index (Phi) is 8.02. The summed E-state index contributed by atoms with van der Waals surface area (Å²) < 4.78 is 0. The topological polar surface area (TPSA) is 29.1 Å². The monoisotopic (exact) mass is 465 g/mol. The van der Waals surface area contributed by atoms with Crippen LogP contribution in [0.4, 0.5) is 0 Å². The normalized spacial score (nSPS) is 15.1. The van der Waals surface area contributed by atoms with E-state index in [0.29, 0.717) is 10.0 Å². The van der Waals surface area contributed by atoms with Gasteiger partial charge in [-0.2, -0.15) is 0 Å². The zero-order valence-corrected chi connectivity index (χ0v) is 19.7. The number of hydrogen-bond donors (Lipinski definition) is 1. The zero-order chi connectivity index (χ0) is 22.3. The van der Waals surface area contributed by atoms with E-state index in [9.17, 15) is 4.79 Å². The third-order valence-corrected chi connectivity index (χ3v) is 6.79. The first-order chi connectivity index (χ1) is 15.6. The molecule has 2 nitrogen and oxygen atoms in total. The first-order valence-electron chi connectivity index (χ1n) is 11.4. The van der Waals surface area contributed by atoms with Gasteiger partial charge in [-0.25, -0.2) is 0 Å². The second-order valence-electron chi connectivity index (χ2n) is 8.75. The Balaban J connectivity index is 0.000000186. The van der Waals surface area contributed by atoms with Crippen molar-refractivity contribution < 1.29 is 4.79 Å². The Morgan fingerprint density at radius 1 is 0.750 bits per heavy atom. The highest BCUT2D eigenvalue weighted by Gasteiger charge is 2.23. The first kappa shape index (κ1) is 23.0. The lowest BCUT2D eigenvalue weighted by molar-refractivity contribution is 0.112. The smallest absolute Gasteiger partial charge is 0.150 e. The lowest BCUT2D eigenvalue weighted by Gasteiger charge is -2.07. The predicted octanol–water partition coefficient (Wildman–Crippen LogP) is 7.58. The summed E-state index contributed by atoms with van der Waals surface area (Å²) in [4.78, 5) is 10.3. The molecule has 0 atom stereocenters. The molecule has 32 heavy (non-hydrogen) atoms. The molecule has 0 aromatic heterocycles. The Morgan fingerprint density at radius 3 is 1.84 bits per heavy atom. The van der Waals surface area contributed by atoms with Crippen molar-refractivity contribution in [2.24, 2.45) is 0 Å². The van der Waals surface area contributed by atoms with Gasteiger partial charge in [-0.3, -0.25) is 4.79 Å². The van der Waals surface area contributed by atoms with Gasteiger partial charge in [0.2, 0.25) is 0 Å². The molecule has 2 saturated carbocycles. The van der Waals surface area contributed by atoms with E-state index in [1.165, 1.54) is 47.9 Å². The number of nitrogens with one attached hydrogen (secondary N) is 1. The molecule has 0 spiro atoms. The van der Waals surface area contributed by atoms with Crippen LogP contribution < -0.4 is 5.32 Å². The number of aldehydes is 1. The lowest BCUT2D eigenvalue weighted by Crippen LogP contribution is -2.16. The van der Waals surface area contributed by atoms with E-state index in [0.717, 1.165) is 43.2 Å². The number of carbonyl (C=O) groups excluding carboxylic acids is 1. The van der Waals surface area contributed by atoms with Crippen molar-refractivity contribution in [2.75, 3.05) is 6.54 Å². The van der Waals surface area contributed by atoms with Gasteiger partial charge in [-0.05, 0) is 84.9 Å². The average molecular weight is 466 g/mol. The van der Waals surface area contributed by atoms with Gasteiger partial charge < -0.3 is 5.32 Å². The van der Waals surface area contributed by atoms with Crippen LogP contribution in [0.2, 0.25) is 10.0 Å². The highest BCUT2D eigenvalue weighted by atomic mass is 35.5. The third kappa shape index (κ3) is 6.93. The van der Waals surface area contributed by atoms with Crippen molar-refractivity contribution in [3.63, 3.8) is 0 Å². The summed E-state index contributed by atoms with van der Waals surface area (Å²) in [6, 6.07) is 22.7. The minimum absolute atomic E-state index is 0.615. The molecule has 3 aromatic rings. The van der Waals surface area contributed by atoms with Crippen molar-refractivity contribution in [2.45, 2.75) is 50.5 Å². The number of benzene rings is 3. The summed E-state index contributed by atoms with van der Waals surface area (Å²) in [5.74, 6) is 1.62. The van der Waals surface area contributed by atoms with Crippen LogP contribution in [0, 0.1) is 0 Å². The summed E-state index contributed by atoms with van der Waals surface area (Å²) in [6.45, 7) is 1.84. The molecule has 0 heterocycles. The summed E-state index contributed by atoms with van der Waals surface area (Å²) in [6.07, 6.45) is 7.21. The van der Waals surface area contributed by atoms with Gasteiger partial charge in [-0.1, -0.05) is 77.8 Å². The third-order valence-electron chi connectivity index (χ3n) is 6.05. The van der Waals surface area contributed by atoms with E-state index in [4.69, 9.17) is 23.2 Å². The van der Waals surface area contributed by atoms with Crippen LogP contribution in [0.25, 0.3) is 0 Å². The van der Waals surface area contributed by atoms with Gasteiger partial charge in [-0.15, -0.1) is 0 Å². The maximum atomic E-state index is 10.3. The molecular formula is C28H29Cl2NO. The lowest BCUT2D eigenvalue weighted by atomic mass is 10.1. The second-order valence-corrected chi connectivity index (χ2v) is 9.56. The quantitative estimate of drug-likeness (QED) is 0.274. The Bertz CT molecular complexity index is 1020. The van der Waals surface area contributed by atoms with Crippen LogP contribution in [0.15, 0.2) is 66.7 Å². The fraction of sp³-hybridized carbons (Fsp3) is 0.321. The van der Waals surface area contributed by atoms with Gasteiger partial charge in [0, 0.05) is 12.1 Å². The molecule has 0 unspecified atom stereocenters. The van der Waals surface area contributed by atoms with Gasteiger partial charge >= 0.3 is 0 Å². The van der Waals surface area contributed by atoms with Crippen LogP contribution in [-0.4, -0.2) is 12.8 Å². The molecule has 0 bridgehead atoms. The van der Waals surface area contributed by atoms with Gasteiger partial charge in [0.15, 0.2) is 0 Å². The number of rotatable bonds is 8. The van der Waals surface area contributed by atoms with E-state index < -0.39 is 0 Å². The maximum Gasteiger partial charge on any atom is 0.150 e. The van der Waals surface area contributed by atoms with E-state index in [2.05, 4.69) is 41.7 Å². The largest absolute Gasteiger partial charge is 0.312 e. The second kappa shape index (κ2) is 11.1. The van der Waals surface area contributed by atoms with E-state index in [1.807, 2.05) is 30.3 Å². The van der Waals surface area contributed by atoms with Crippen molar-refractivity contribution >= 4 is 29.5 Å². The molecule has 2 aliphatic rings. The molecule has 166 valence electrons. The van der Waals surface area contributed by atoms with Gasteiger partial charge in [0.25, 0.3) is 0 Å². The van der Waals surface area contributed by atoms with Crippen LogP contribution in [0.5, 0.6) is 0 Å². The highest BCUT2D eigenvalue weighted by molar-refractivity contribution is 6.42. The minimum Gasteiger partial charge on any atom is -0.312 e. The van der Waals surface area contributed by atoms with Crippen molar-refractivity contribution in [1.29, 1.82) is 0 Å². The van der Waals surface area contributed by atoms with E-state index in [-0.39, 0.29) is 0 Å². The molecule has 2 aliphatic carbocycles. The number of halogens is 2. The summed E-state index contributed by atoms with van der Waals surface area (Å²) in [5, 5.41) is 4.72.